The highest BCUT2D eigenvalue weighted by atomic mass is 32.1. The maximum Gasteiger partial charge on any atom is 0.312 e. The van der Waals surface area contributed by atoms with Crippen LogP contribution in [0.25, 0.3) is 10.8 Å². The van der Waals surface area contributed by atoms with E-state index in [0.717, 1.165) is 11.3 Å². The summed E-state index contributed by atoms with van der Waals surface area (Å²) >= 11 is 1.63. The van der Waals surface area contributed by atoms with Gasteiger partial charge in [-0.2, -0.15) is 0 Å². The monoisotopic (exact) mass is 505 g/mol. The summed E-state index contributed by atoms with van der Waals surface area (Å²) < 4.78 is 16.4. The van der Waals surface area contributed by atoms with E-state index >= 15 is 0 Å². The zero-order valence-electron chi connectivity index (χ0n) is 22.4. The number of carbonyl (C=O) groups excluding carboxylic acids is 1. The molecule has 0 aliphatic rings. The van der Waals surface area contributed by atoms with Crippen LogP contribution in [0.2, 0.25) is 0 Å². The van der Waals surface area contributed by atoms with Crippen molar-refractivity contribution in [1.29, 1.82) is 0 Å². The van der Waals surface area contributed by atoms with Crippen LogP contribution < -0.4 is 4.74 Å². The second kappa shape index (κ2) is 18.4. The largest absolute Gasteiger partial charge is 0.466 e. The molecule has 0 spiro atoms. The Morgan fingerprint density at radius 1 is 0.857 bits per heavy atom. The minimum Gasteiger partial charge on any atom is -0.466 e. The zero-order chi connectivity index (χ0) is 25.1. The number of nitrogens with zero attached hydrogens (tertiary/aromatic N) is 1. The van der Waals surface area contributed by atoms with Gasteiger partial charge in [-0.25, -0.2) is 4.98 Å². The van der Waals surface area contributed by atoms with E-state index in [4.69, 9.17) is 13.9 Å². The number of hydrogen-bond donors (Lipinski definition) is 0. The molecule has 2 aromatic rings. The highest BCUT2D eigenvalue weighted by Crippen LogP contribution is 2.32. The van der Waals surface area contributed by atoms with Crippen LogP contribution in [0.1, 0.15) is 122 Å². The van der Waals surface area contributed by atoms with Crippen molar-refractivity contribution in [3.8, 4) is 16.7 Å². The Kier molecular flexibility index (Phi) is 15.5. The van der Waals surface area contributed by atoms with Gasteiger partial charge >= 0.3 is 11.9 Å². The number of aromatic nitrogens is 1. The standard InChI is InChI=1S/C29H47NO4S/c1-4-7-8-9-10-11-12-13-14-15-16-17-18-19-20-24-21-26(35-23-24)28-30-25(22-27(31)32-5-2)29(34-28)33-6-3/h21,23H,4-20,22H2,1-3H3. The van der Waals surface area contributed by atoms with Crippen molar-refractivity contribution in [2.45, 2.75) is 124 Å². The summed E-state index contributed by atoms with van der Waals surface area (Å²) in [5.74, 6) is 0.514. The lowest BCUT2D eigenvalue weighted by Gasteiger charge is -2.03. The predicted molar refractivity (Wildman–Crippen MR) is 145 cm³/mol. The predicted octanol–water partition coefficient (Wildman–Crippen LogP) is 8.93. The molecule has 0 unspecified atom stereocenters. The number of hydrogen-bond acceptors (Lipinski definition) is 6. The third-order valence-corrected chi connectivity index (χ3v) is 7.20. The molecule has 0 amide bonds. The lowest BCUT2D eigenvalue weighted by molar-refractivity contribution is -0.142. The molecule has 2 heterocycles. The Morgan fingerprint density at radius 3 is 2.03 bits per heavy atom. The average Bonchev–Trinajstić information content (AvgIpc) is 3.47. The first-order valence-electron chi connectivity index (χ1n) is 14.0. The van der Waals surface area contributed by atoms with Crippen molar-refractivity contribution in [1.82, 2.24) is 4.98 Å². The molecule has 0 saturated heterocycles. The maximum absolute atomic E-state index is 11.9. The molecule has 0 fully saturated rings. The first-order chi connectivity index (χ1) is 17.2. The molecule has 6 heteroatoms. The lowest BCUT2D eigenvalue weighted by atomic mass is 10.0. The molecule has 0 radical (unpaired) electrons. The summed E-state index contributed by atoms with van der Waals surface area (Å²) in [4.78, 5) is 17.4. The molecular weight excluding hydrogens is 458 g/mol. The third kappa shape index (κ3) is 12.1. The van der Waals surface area contributed by atoms with Crippen molar-refractivity contribution < 1.29 is 18.7 Å². The van der Waals surface area contributed by atoms with Crippen molar-refractivity contribution in [3.63, 3.8) is 0 Å². The van der Waals surface area contributed by atoms with Crippen LogP contribution in [0.3, 0.4) is 0 Å². The summed E-state index contributed by atoms with van der Waals surface area (Å²) in [6, 6.07) is 2.16. The first kappa shape index (κ1) is 29.4. The average molecular weight is 506 g/mol. The normalized spacial score (nSPS) is 11.2. The van der Waals surface area contributed by atoms with E-state index < -0.39 is 0 Å². The highest BCUT2D eigenvalue weighted by molar-refractivity contribution is 7.13. The van der Waals surface area contributed by atoms with Gasteiger partial charge in [0, 0.05) is 0 Å². The summed E-state index contributed by atoms with van der Waals surface area (Å²) in [5.41, 5.74) is 1.83. The van der Waals surface area contributed by atoms with Crippen LogP contribution in [0.4, 0.5) is 0 Å². The second-order valence-corrected chi connectivity index (χ2v) is 10.2. The van der Waals surface area contributed by atoms with Gasteiger partial charge < -0.3 is 13.9 Å². The molecule has 0 aromatic carbocycles. The molecule has 0 N–H and O–H groups in total. The van der Waals surface area contributed by atoms with Gasteiger partial charge in [-0.1, -0.05) is 90.4 Å². The smallest absolute Gasteiger partial charge is 0.312 e. The molecule has 2 aromatic heterocycles. The van der Waals surface area contributed by atoms with Gasteiger partial charge in [0.15, 0.2) is 0 Å². The van der Waals surface area contributed by atoms with Gasteiger partial charge in [-0.3, -0.25) is 4.79 Å². The number of aryl methyl sites for hydroxylation is 1. The van der Waals surface area contributed by atoms with E-state index in [-0.39, 0.29) is 12.4 Å². The van der Waals surface area contributed by atoms with Gasteiger partial charge in [-0.05, 0) is 43.7 Å². The number of carbonyl (C=O) groups is 1. The molecule has 0 aliphatic carbocycles. The zero-order valence-corrected chi connectivity index (χ0v) is 23.2. The van der Waals surface area contributed by atoms with Gasteiger partial charge in [0.05, 0.1) is 24.5 Å². The molecule has 0 bridgehead atoms. The van der Waals surface area contributed by atoms with E-state index in [0.29, 0.717) is 30.7 Å². The molecular formula is C29H47NO4S. The molecule has 5 nitrogen and oxygen atoms in total. The molecule has 35 heavy (non-hydrogen) atoms. The number of thiophene rings is 1. The maximum atomic E-state index is 11.9. The molecule has 198 valence electrons. The second-order valence-electron chi connectivity index (χ2n) is 9.33. The van der Waals surface area contributed by atoms with E-state index in [2.05, 4.69) is 23.4 Å². The summed E-state index contributed by atoms with van der Waals surface area (Å²) in [6.45, 7) is 6.76. The Morgan fingerprint density at radius 2 is 1.46 bits per heavy atom. The minimum atomic E-state index is -0.321. The van der Waals surface area contributed by atoms with E-state index in [1.807, 2.05) is 6.92 Å². The van der Waals surface area contributed by atoms with Crippen molar-refractivity contribution in [2.24, 2.45) is 0 Å². The fourth-order valence-electron chi connectivity index (χ4n) is 4.29. The van der Waals surface area contributed by atoms with E-state index in [1.54, 1.807) is 18.3 Å². The molecule has 0 atom stereocenters. The van der Waals surface area contributed by atoms with Gasteiger partial charge in [0.1, 0.15) is 5.69 Å². The number of rotatable bonds is 21. The van der Waals surface area contributed by atoms with Crippen molar-refractivity contribution in [2.75, 3.05) is 13.2 Å². The Bertz CT molecular complexity index is 813. The third-order valence-electron chi connectivity index (χ3n) is 6.24. The SMILES string of the molecule is CCCCCCCCCCCCCCCCc1csc(-c2nc(CC(=O)OCC)c(OCC)o2)c1. The molecule has 0 aliphatic heterocycles. The fraction of sp³-hybridized carbons (Fsp3) is 0.724. The number of unbranched alkanes of at least 4 members (excludes halogenated alkanes) is 13. The molecule has 2 rings (SSSR count). The lowest BCUT2D eigenvalue weighted by Crippen LogP contribution is -2.08. The minimum absolute atomic E-state index is 0.0595. The Hall–Kier alpha value is -1.82. The van der Waals surface area contributed by atoms with Crippen LogP contribution in [-0.4, -0.2) is 24.2 Å². The van der Waals surface area contributed by atoms with Crippen LogP contribution in [0.15, 0.2) is 15.9 Å². The Balaban J connectivity index is 1.61. The van der Waals surface area contributed by atoms with Crippen molar-refractivity contribution in [3.05, 3.63) is 22.7 Å². The quantitative estimate of drug-likeness (QED) is 0.125. The van der Waals surface area contributed by atoms with Gasteiger partial charge in [0.25, 0.3) is 0 Å². The summed E-state index contributed by atoms with van der Waals surface area (Å²) in [7, 11) is 0. The van der Waals surface area contributed by atoms with Gasteiger partial charge in [0.2, 0.25) is 5.89 Å². The van der Waals surface area contributed by atoms with Crippen molar-refractivity contribution >= 4 is 17.3 Å². The first-order valence-corrected chi connectivity index (χ1v) is 14.9. The van der Waals surface area contributed by atoms with Crippen LogP contribution in [-0.2, 0) is 22.4 Å². The number of esters is 1. The fourth-order valence-corrected chi connectivity index (χ4v) is 5.16. The highest BCUT2D eigenvalue weighted by Gasteiger charge is 2.20. The van der Waals surface area contributed by atoms with E-state index in [9.17, 15) is 4.79 Å². The Labute approximate surface area is 217 Å². The van der Waals surface area contributed by atoms with Gasteiger partial charge in [-0.15, -0.1) is 11.3 Å². The van der Waals surface area contributed by atoms with E-state index in [1.165, 1.54) is 95.5 Å². The number of ether oxygens (including phenoxy) is 2. The summed E-state index contributed by atoms with van der Waals surface area (Å²) in [6.07, 6.45) is 20.5. The number of oxazole rings is 1. The van der Waals surface area contributed by atoms with Crippen LogP contribution in [0.5, 0.6) is 5.95 Å². The van der Waals surface area contributed by atoms with Crippen LogP contribution >= 0.6 is 11.3 Å². The summed E-state index contributed by atoms with van der Waals surface area (Å²) in [5, 5.41) is 2.19. The topological polar surface area (TPSA) is 61.6 Å². The molecule has 0 saturated carbocycles. The van der Waals surface area contributed by atoms with Crippen LogP contribution in [0, 0.1) is 0 Å².